The van der Waals surface area contributed by atoms with E-state index in [4.69, 9.17) is 9.15 Å². The molecule has 1 atom stereocenters. The van der Waals surface area contributed by atoms with Gasteiger partial charge in [0.2, 0.25) is 5.89 Å². The first-order valence-corrected chi connectivity index (χ1v) is 11.0. The Morgan fingerprint density at radius 1 is 1.11 bits per heavy atom. The van der Waals surface area contributed by atoms with Gasteiger partial charge in [-0.1, -0.05) is 23.4 Å². The zero-order valence-electron chi connectivity index (χ0n) is 18.9. The largest absolute Gasteiger partial charge is 0.487 e. The highest BCUT2D eigenvalue weighted by atomic mass is 19.4. The summed E-state index contributed by atoms with van der Waals surface area (Å²) in [5.41, 5.74) is 0.156. The van der Waals surface area contributed by atoms with Crippen LogP contribution in [0, 0.1) is 5.82 Å². The summed E-state index contributed by atoms with van der Waals surface area (Å²) in [5, 5.41) is 18.0. The van der Waals surface area contributed by atoms with Crippen LogP contribution in [0.15, 0.2) is 65.5 Å². The molecular weight excluding hydrogens is 480 g/mol. The third kappa shape index (κ3) is 6.79. The van der Waals surface area contributed by atoms with E-state index in [0.717, 1.165) is 24.1 Å². The van der Waals surface area contributed by atoms with Gasteiger partial charge in [-0.3, -0.25) is 4.68 Å². The van der Waals surface area contributed by atoms with Crippen LogP contribution in [0.1, 0.15) is 47.2 Å². The molecule has 0 saturated carbocycles. The first-order valence-electron chi connectivity index (χ1n) is 11.0. The maximum Gasteiger partial charge on any atom is 0.416 e. The third-order valence-corrected chi connectivity index (χ3v) is 5.29. The minimum atomic E-state index is -4.61. The third-order valence-electron chi connectivity index (χ3n) is 5.29. The first-order chi connectivity index (χ1) is 17.3. The maximum absolute atomic E-state index is 14.0. The van der Waals surface area contributed by atoms with Gasteiger partial charge in [-0.15, -0.1) is 5.10 Å². The zero-order chi connectivity index (χ0) is 25.5. The van der Waals surface area contributed by atoms with Gasteiger partial charge in [-0.05, 0) is 48.7 Å². The minimum Gasteiger partial charge on any atom is -0.487 e. The number of halogens is 4. The standard InChI is InChI=1S/C25H22F4N4O3/c26-22-14-19(25(27,28)29)7-3-17(22)6-10-24-31-20(16-36-24)15-35-21-8-4-18(5-9-21)23(34)2-1-12-33-13-11-30-32-33/h3-11,13-14,16,23,34H,1-2,12,15H2. The maximum atomic E-state index is 14.0. The fourth-order valence-corrected chi connectivity index (χ4v) is 3.37. The van der Waals surface area contributed by atoms with Crippen LogP contribution < -0.4 is 4.74 Å². The van der Waals surface area contributed by atoms with Gasteiger partial charge in [0.25, 0.3) is 0 Å². The molecule has 2 heterocycles. The quantitative estimate of drug-likeness (QED) is 0.281. The van der Waals surface area contributed by atoms with Crippen molar-refractivity contribution in [2.24, 2.45) is 0 Å². The summed E-state index contributed by atoms with van der Waals surface area (Å²) in [6, 6.07) is 9.34. The van der Waals surface area contributed by atoms with E-state index in [-0.39, 0.29) is 18.1 Å². The fourth-order valence-electron chi connectivity index (χ4n) is 3.37. The van der Waals surface area contributed by atoms with Crippen LogP contribution in [-0.4, -0.2) is 25.1 Å². The molecule has 0 spiro atoms. The van der Waals surface area contributed by atoms with E-state index in [9.17, 15) is 22.7 Å². The number of aryl methyl sites for hydroxylation is 1. The van der Waals surface area contributed by atoms with Crippen LogP contribution in [0.25, 0.3) is 12.2 Å². The lowest BCUT2D eigenvalue weighted by molar-refractivity contribution is -0.137. The molecule has 0 bridgehead atoms. The van der Waals surface area contributed by atoms with Gasteiger partial charge in [0.05, 0.1) is 17.9 Å². The van der Waals surface area contributed by atoms with Gasteiger partial charge >= 0.3 is 6.18 Å². The van der Waals surface area contributed by atoms with Crippen molar-refractivity contribution in [2.75, 3.05) is 0 Å². The summed E-state index contributed by atoms with van der Waals surface area (Å²) in [6.07, 6.45) is 3.48. The molecule has 4 aromatic rings. The van der Waals surface area contributed by atoms with Crippen molar-refractivity contribution >= 4 is 12.2 Å². The molecule has 0 aliphatic heterocycles. The van der Waals surface area contributed by atoms with E-state index < -0.39 is 23.7 Å². The smallest absolute Gasteiger partial charge is 0.416 e. The van der Waals surface area contributed by atoms with Crippen molar-refractivity contribution in [1.29, 1.82) is 0 Å². The number of oxazole rings is 1. The number of aromatic nitrogens is 4. The number of ether oxygens (including phenoxy) is 1. The second kappa shape index (κ2) is 11.2. The number of aliphatic hydroxyl groups excluding tert-OH is 1. The number of nitrogens with zero attached hydrogens (tertiary/aromatic N) is 4. The van der Waals surface area contributed by atoms with E-state index in [1.54, 1.807) is 41.3 Å². The van der Waals surface area contributed by atoms with E-state index in [0.29, 0.717) is 30.5 Å². The number of hydrogen-bond acceptors (Lipinski definition) is 6. The highest BCUT2D eigenvalue weighted by Crippen LogP contribution is 2.30. The van der Waals surface area contributed by atoms with E-state index in [1.165, 1.54) is 18.4 Å². The topological polar surface area (TPSA) is 86.2 Å². The summed E-state index contributed by atoms with van der Waals surface area (Å²) in [5.74, 6) is -0.280. The highest BCUT2D eigenvalue weighted by Gasteiger charge is 2.31. The van der Waals surface area contributed by atoms with Crippen LogP contribution in [0.4, 0.5) is 17.6 Å². The van der Waals surface area contributed by atoms with Gasteiger partial charge in [0.1, 0.15) is 30.1 Å². The van der Waals surface area contributed by atoms with Crippen molar-refractivity contribution in [3.8, 4) is 5.75 Å². The summed E-state index contributed by atoms with van der Waals surface area (Å²) in [4.78, 5) is 4.20. The molecule has 0 radical (unpaired) electrons. The van der Waals surface area contributed by atoms with Gasteiger partial charge < -0.3 is 14.3 Å². The van der Waals surface area contributed by atoms with Crippen molar-refractivity contribution in [1.82, 2.24) is 20.0 Å². The molecule has 1 unspecified atom stereocenters. The Morgan fingerprint density at radius 2 is 1.92 bits per heavy atom. The summed E-state index contributed by atoms with van der Waals surface area (Å²) in [7, 11) is 0. The van der Waals surface area contributed by atoms with E-state index in [1.807, 2.05) is 0 Å². The van der Waals surface area contributed by atoms with Crippen LogP contribution in [-0.2, 0) is 19.3 Å². The molecule has 0 aliphatic carbocycles. The number of alkyl halides is 3. The highest BCUT2D eigenvalue weighted by molar-refractivity contribution is 5.66. The molecule has 2 aromatic heterocycles. The Morgan fingerprint density at radius 3 is 2.61 bits per heavy atom. The molecule has 2 aromatic carbocycles. The normalized spacial score (nSPS) is 12.8. The predicted octanol–water partition coefficient (Wildman–Crippen LogP) is 5.69. The molecule has 0 aliphatic rings. The van der Waals surface area contributed by atoms with Crippen molar-refractivity contribution in [3.63, 3.8) is 0 Å². The summed E-state index contributed by atoms with van der Waals surface area (Å²) >= 11 is 0. The SMILES string of the molecule is OC(CCCn1ccnn1)c1ccc(OCc2coc(C=Cc3ccc(C(F)(F)F)cc3F)n2)cc1. The Hall–Kier alpha value is -3.99. The molecular formula is C25H22F4N4O3. The monoisotopic (exact) mass is 502 g/mol. The zero-order valence-corrected chi connectivity index (χ0v) is 18.9. The Balaban J connectivity index is 1.26. The predicted molar refractivity (Wildman–Crippen MR) is 122 cm³/mol. The number of hydrogen-bond donors (Lipinski definition) is 1. The Kier molecular flexibility index (Phi) is 7.79. The van der Waals surface area contributed by atoms with Gasteiger partial charge in [0.15, 0.2) is 0 Å². The van der Waals surface area contributed by atoms with Crippen LogP contribution in [0.2, 0.25) is 0 Å². The molecule has 4 rings (SSSR count). The number of aliphatic hydroxyl groups is 1. The molecule has 7 nitrogen and oxygen atoms in total. The lowest BCUT2D eigenvalue weighted by Crippen LogP contribution is -2.05. The molecule has 0 saturated heterocycles. The second-order valence-electron chi connectivity index (χ2n) is 7.93. The Labute approximate surface area is 203 Å². The minimum absolute atomic E-state index is 0.0281. The van der Waals surface area contributed by atoms with E-state index in [2.05, 4.69) is 15.3 Å². The number of rotatable bonds is 10. The van der Waals surface area contributed by atoms with E-state index >= 15 is 0 Å². The number of benzene rings is 2. The average Bonchev–Trinajstić information content (AvgIpc) is 3.54. The van der Waals surface area contributed by atoms with Crippen molar-refractivity contribution in [2.45, 2.75) is 38.3 Å². The molecule has 0 amide bonds. The lowest BCUT2D eigenvalue weighted by atomic mass is 10.0. The van der Waals surface area contributed by atoms with Crippen LogP contribution in [0.3, 0.4) is 0 Å². The van der Waals surface area contributed by atoms with Gasteiger partial charge in [-0.2, -0.15) is 13.2 Å². The summed E-state index contributed by atoms with van der Waals surface area (Å²) in [6.45, 7) is 0.776. The molecule has 11 heteroatoms. The Bertz CT molecular complexity index is 1290. The van der Waals surface area contributed by atoms with Crippen molar-refractivity contribution in [3.05, 3.63) is 95.2 Å². The van der Waals surface area contributed by atoms with Crippen LogP contribution >= 0.6 is 0 Å². The lowest BCUT2D eigenvalue weighted by Gasteiger charge is -2.12. The van der Waals surface area contributed by atoms with Gasteiger partial charge in [-0.25, -0.2) is 9.37 Å². The van der Waals surface area contributed by atoms with Gasteiger partial charge in [0, 0.05) is 24.4 Å². The molecule has 0 fully saturated rings. The summed E-state index contributed by atoms with van der Waals surface area (Å²) < 4.78 is 64.6. The molecule has 188 valence electrons. The van der Waals surface area contributed by atoms with Crippen LogP contribution in [0.5, 0.6) is 5.75 Å². The second-order valence-corrected chi connectivity index (χ2v) is 7.93. The molecule has 36 heavy (non-hydrogen) atoms. The average molecular weight is 502 g/mol. The van der Waals surface area contributed by atoms with Crippen molar-refractivity contribution < 1.29 is 31.8 Å². The first kappa shape index (κ1) is 25.1. The molecule has 1 N–H and O–H groups in total. The fraction of sp³-hybridized carbons (Fsp3) is 0.240.